The fourth-order valence-corrected chi connectivity index (χ4v) is 3.56. The number of rotatable bonds is 7. The van der Waals surface area contributed by atoms with Crippen molar-refractivity contribution in [2.75, 3.05) is 26.4 Å². The first-order chi connectivity index (χ1) is 14.9. The maximum Gasteiger partial charge on any atom is 0.140 e. The largest absolute Gasteiger partial charge is 0.491 e. The molecule has 3 aromatic heterocycles. The Hall–Kier alpha value is -3.23. The summed E-state index contributed by atoms with van der Waals surface area (Å²) in [4.78, 5) is 13.0. The van der Waals surface area contributed by atoms with E-state index in [1.807, 2.05) is 52.0 Å². The Labute approximate surface area is 174 Å². The van der Waals surface area contributed by atoms with Gasteiger partial charge in [-0.15, -0.1) is 0 Å². The van der Waals surface area contributed by atoms with Crippen molar-refractivity contribution in [1.29, 1.82) is 0 Å². The number of hydrogen-bond donors (Lipinski definition) is 0. The number of hydrogen-bond acceptors (Lipinski definition) is 6. The predicted molar refractivity (Wildman–Crippen MR) is 111 cm³/mol. The Morgan fingerprint density at radius 3 is 2.70 bits per heavy atom. The van der Waals surface area contributed by atoms with E-state index in [2.05, 4.69) is 15.0 Å². The molecule has 5 rings (SSSR count). The van der Waals surface area contributed by atoms with Crippen LogP contribution >= 0.6 is 0 Å². The van der Waals surface area contributed by atoms with Crippen LogP contribution in [0, 0.1) is 0 Å². The summed E-state index contributed by atoms with van der Waals surface area (Å²) in [5, 5.41) is 0. The van der Waals surface area contributed by atoms with Gasteiger partial charge >= 0.3 is 0 Å². The molecular formula is C22H23N5O3. The highest BCUT2D eigenvalue weighted by atomic mass is 16.5. The van der Waals surface area contributed by atoms with E-state index < -0.39 is 0 Å². The van der Waals surface area contributed by atoms with Crippen LogP contribution in [0.5, 0.6) is 5.75 Å². The number of nitrogens with zero attached hydrogens (tertiary/aromatic N) is 5. The lowest BCUT2D eigenvalue weighted by Gasteiger charge is -2.22. The van der Waals surface area contributed by atoms with Gasteiger partial charge in [-0.05, 0) is 37.1 Å². The van der Waals surface area contributed by atoms with Gasteiger partial charge in [-0.2, -0.15) is 0 Å². The summed E-state index contributed by atoms with van der Waals surface area (Å²) in [5.74, 6) is 1.62. The normalized spacial score (nSPS) is 14.9. The quantitative estimate of drug-likeness (QED) is 0.440. The third-order valence-corrected chi connectivity index (χ3v) is 5.18. The number of aromatic nitrogens is 5. The SMILES string of the molecule is c1cn(-c2cc3c(cn2)ncn3-c2ccc(OCCOC3CCOCC3)cc2)cn1. The molecule has 0 saturated carbocycles. The third kappa shape index (κ3) is 4.05. The molecular weight excluding hydrogens is 382 g/mol. The van der Waals surface area contributed by atoms with Gasteiger partial charge in [-0.1, -0.05) is 0 Å². The van der Waals surface area contributed by atoms with Gasteiger partial charge in [-0.3, -0.25) is 9.13 Å². The minimum absolute atomic E-state index is 0.293. The van der Waals surface area contributed by atoms with Crippen LogP contribution in [0.2, 0.25) is 0 Å². The smallest absolute Gasteiger partial charge is 0.140 e. The molecule has 0 unspecified atom stereocenters. The molecule has 4 heterocycles. The average molecular weight is 405 g/mol. The van der Waals surface area contributed by atoms with Crippen molar-refractivity contribution in [2.45, 2.75) is 18.9 Å². The molecule has 30 heavy (non-hydrogen) atoms. The van der Waals surface area contributed by atoms with Crippen molar-refractivity contribution in [3.63, 3.8) is 0 Å². The zero-order valence-corrected chi connectivity index (χ0v) is 16.6. The Balaban J connectivity index is 1.25. The molecule has 0 atom stereocenters. The van der Waals surface area contributed by atoms with Crippen LogP contribution in [0.25, 0.3) is 22.5 Å². The predicted octanol–water partition coefficient (Wildman–Crippen LogP) is 3.18. The van der Waals surface area contributed by atoms with Crippen molar-refractivity contribution < 1.29 is 14.2 Å². The van der Waals surface area contributed by atoms with Gasteiger partial charge in [0.05, 0.1) is 24.4 Å². The molecule has 1 saturated heterocycles. The fourth-order valence-electron chi connectivity index (χ4n) is 3.56. The molecule has 0 amide bonds. The van der Waals surface area contributed by atoms with Gasteiger partial charge in [0.15, 0.2) is 0 Å². The summed E-state index contributed by atoms with van der Waals surface area (Å²) < 4.78 is 20.9. The molecule has 154 valence electrons. The second-order valence-electron chi connectivity index (χ2n) is 7.14. The van der Waals surface area contributed by atoms with Gasteiger partial charge in [0.2, 0.25) is 0 Å². The first-order valence-corrected chi connectivity index (χ1v) is 10.1. The third-order valence-electron chi connectivity index (χ3n) is 5.18. The number of benzene rings is 1. The van der Waals surface area contributed by atoms with Gasteiger partial charge in [-0.25, -0.2) is 15.0 Å². The lowest BCUT2D eigenvalue weighted by Crippen LogP contribution is -2.25. The van der Waals surface area contributed by atoms with Crippen molar-refractivity contribution in [2.24, 2.45) is 0 Å². The highest BCUT2D eigenvalue weighted by molar-refractivity contribution is 5.78. The van der Waals surface area contributed by atoms with Crippen LogP contribution in [-0.2, 0) is 9.47 Å². The number of imidazole rings is 2. The molecule has 1 aliphatic rings. The Kier molecular flexibility index (Phi) is 5.41. The molecule has 0 radical (unpaired) electrons. The molecule has 1 fully saturated rings. The summed E-state index contributed by atoms with van der Waals surface area (Å²) in [7, 11) is 0. The summed E-state index contributed by atoms with van der Waals surface area (Å²) >= 11 is 0. The van der Waals surface area contributed by atoms with Crippen LogP contribution in [-0.4, -0.2) is 56.6 Å². The number of fused-ring (bicyclic) bond motifs is 1. The first-order valence-electron chi connectivity index (χ1n) is 10.1. The van der Waals surface area contributed by atoms with Crippen LogP contribution in [0.3, 0.4) is 0 Å². The van der Waals surface area contributed by atoms with E-state index >= 15 is 0 Å². The Bertz CT molecular complexity index is 1090. The standard InChI is InChI=1S/C22H23N5O3/c1-3-18(29-11-12-30-19-5-9-28-10-6-19)4-2-17(1)27-16-25-20-14-24-22(13-21(20)27)26-8-7-23-15-26/h1-4,7-8,13-16,19H,5-6,9-12H2. The summed E-state index contributed by atoms with van der Waals surface area (Å²) in [6, 6.07) is 9.98. The van der Waals surface area contributed by atoms with Crippen LogP contribution in [0.15, 0.2) is 61.6 Å². The van der Waals surface area contributed by atoms with Crippen molar-refractivity contribution in [3.05, 3.63) is 61.6 Å². The zero-order valence-electron chi connectivity index (χ0n) is 16.6. The lowest BCUT2D eigenvalue weighted by molar-refractivity contribution is -0.0388. The maximum absolute atomic E-state index is 5.85. The van der Waals surface area contributed by atoms with Crippen molar-refractivity contribution >= 4 is 11.0 Å². The molecule has 1 aliphatic heterocycles. The van der Waals surface area contributed by atoms with E-state index in [0.29, 0.717) is 19.3 Å². The number of ether oxygens (including phenoxy) is 3. The van der Waals surface area contributed by atoms with Crippen LogP contribution < -0.4 is 4.74 Å². The summed E-state index contributed by atoms with van der Waals surface area (Å²) in [5.41, 5.74) is 2.82. The van der Waals surface area contributed by atoms with E-state index in [1.165, 1.54) is 0 Å². The topological polar surface area (TPSA) is 76.2 Å². The van der Waals surface area contributed by atoms with Crippen molar-refractivity contribution in [1.82, 2.24) is 24.1 Å². The molecule has 4 aromatic rings. The molecule has 1 aromatic carbocycles. The van der Waals surface area contributed by atoms with Crippen LogP contribution in [0.1, 0.15) is 12.8 Å². The lowest BCUT2D eigenvalue weighted by atomic mass is 10.2. The van der Waals surface area contributed by atoms with E-state index in [4.69, 9.17) is 14.2 Å². The second kappa shape index (κ2) is 8.64. The van der Waals surface area contributed by atoms with E-state index in [9.17, 15) is 0 Å². The minimum Gasteiger partial charge on any atom is -0.491 e. The molecule has 0 bridgehead atoms. The highest BCUT2D eigenvalue weighted by Gasteiger charge is 2.13. The van der Waals surface area contributed by atoms with Gasteiger partial charge in [0.25, 0.3) is 0 Å². The minimum atomic E-state index is 0.293. The fraction of sp³-hybridized carbons (Fsp3) is 0.318. The summed E-state index contributed by atoms with van der Waals surface area (Å²) in [6.07, 6.45) is 11.1. The molecule has 0 N–H and O–H groups in total. The van der Waals surface area contributed by atoms with Gasteiger partial charge in [0, 0.05) is 37.4 Å². The van der Waals surface area contributed by atoms with Crippen LogP contribution in [0.4, 0.5) is 0 Å². The first kappa shape index (κ1) is 18.8. The molecule has 8 nitrogen and oxygen atoms in total. The average Bonchev–Trinajstić information content (AvgIpc) is 3.48. The van der Waals surface area contributed by atoms with Crippen molar-refractivity contribution in [3.8, 4) is 17.3 Å². The highest BCUT2D eigenvalue weighted by Crippen LogP contribution is 2.22. The Morgan fingerprint density at radius 1 is 1.03 bits per heavy atom. The Morgan fingerprint density at radius 2 is 1.90 bits per heavy atom. The number of pyridine rings is 1. The molecule has 0 aliphatic carbocycles. The zero-order chi connectivity index (χ0) is 20.2. The van der Waals surface area contributed by atoms with E-state index in [1.54, 1.807) is 18.7 Å². The molecule has 8 heteroatoms. The van der Waals surface area contributed by atoms with Gasteiger partial charge in [0.1, 0.15) is 36.3 Å². The van der Waals surface area contributed by atoms with E-state index in [0.717, 1.165) is 54.3 Å². The maximum atomic E-state index is 5.85. The summed E-state index contributed by atoms with van der Waals surface area (Å²) in [6.45, 7) is 2.69. The van der Waals surface area contributed by atoms with E-state index in [-0.39, 0.29) is 0 Å². The van der Waals surface area contributed by atoms with Gasteiger partial charge < -0.3 is 14.2 Å². The second-order valence-corrected chi connectivity index (χ2v) is 7.14. The monoisotopic (exact) mass is 405 g/mol. The molecule has 0 spiro atoms.